The van der Waals surface area contributed by atoms with E-state index in [1.54, 1.807) is 0 Å². The Balaban J connectivity index is 0. The summed E-state index contributed by atoms with van der Waals surface area (Å²) in [4.78, 5) is 18.8. The molecule has 0 amide bonds. The van der Waals surface area contributed by atoms with Gasteiger partial charge in [0.2, 0.25) is 0 Å². The first kappa shape index (κ1) is 16.8. The molecule has 0 aromatic heterocycles. The average molecular weight is 243 g/mol. The molecule has 0 saturated carbocycles. The van der Waals surface area contributed by atoms with Gasteiger partial charge in [-0.1, -0.05) is 13.0 Å². The van der Waals surface area contributed by atoms with Gasteiger partial charge in [-0.05, 0) is 6.42 Å². The molecule has 0 unspecified atom stereocenters. The van der Waals surface area contributed by atoms with Crippen molar-refractivity contribution in [2.45, 2.75) is 25.6 Å². The summed E-state index contributed by atoms with van der Waals surface area (Å²) in [7, 11) is 0. The molecule has 0 aliphatic carbocycles. The van der Waals surface area contributed by atoms with Crippen LogP contribution in [0.15, 0.2) is 12.2 Å². The second-order valence-electron chi connectivity index (χ2n) is 2.57. The van der Waals surface area contributed by atoms with E-state index in [2.05, 4.69) is 0 Å². The summed E-state index contributed by atoms with van der Waals surface area (Å²) in [5.41, 5.74) is 5.37. The molecule has 0 radical (unpaired) electrons. The number of halogens is 3. The standard InChI is InChI=1S/C6H11NO2.C2HF3O2/c1-2-5(7)3-4-6(8)9;3-2(4,5)1(6)7/h3-5H,2,7H2,1H3,(H,8,9);(H,6,7)/t5-;/m0./s1. The maximum Gasteiger partial charge on any atom is 0.490 e. The van der Waals surface area contributed by atoms with E-state index in [0.29, 0.717) is 0 Å². The molecule has 0 saturated heterocycles. The Morgan fingerprint density at radius 1 is 1.38 bits per heavy atom. The first-order valence-corrected chi connectivity index (χ1v) is 4.08. The van der Waals surface area contributed by atoms with Crippen LogP contribution in [-0.2, 0) is 9.59 Å². The SMILES string of the molecule is CC[C@H](N)C=CC(=O)O.O=C(O)C(F)(F)F. The van der Waals surface area contributed by atoms with Crippen LogP contribution in [0.2, 0.25) is 0 Å². The Labute approximate surface area is 89.4 Å². The number of carboxylic acids is 2. The topological polar surface area (TPSA) is 101 Å². The van der Waals surface area contributed by atoms with E-state index in [1.165, 1.54) is 6.08 Å². The van der Waals surface area contributed by atoms with Gasteiger partial charge in [0.05, 0.1) is 0 Å². The lowest BCUT2D eigenvalue weighted by atomic mass is 10.2. The zero-order chi connectivity index (χ0) is 13.4. The van der Waals surface area contributed by atoms with Crippen LogP contribution in [0.1, 0.15) is 13.3 Å². The zero-order valence-electron chi connectivity index (χ0n) is 8.36. The maximum atomic E-state index is 10.6. The van der Waals surface area contributed by atoms with Gasteiger partial charge in [0.25, 0.3) is 0 Å². The minimum Gasteiger partial charge on any atom is -0.478 e. The highest BCUT2D eigenvalue weighted by atomic mass is 19.4. The Bertz CT molecular complexity index is 262. The quantitative estimate of drug-likeness (QED) is 0.642. The van der Waals surface area contributed by atoms with Gasteiger partial charge >= 0.3 is 18.1 Å². The van der Waals surface area contributed by atoms with Gasteiger partial charge in [0, 0.05) is 12.1 Å². The molecule has 4 N–H and O–H groups in total. The monoisotopic (exact) mass is 243 g/mol. The molecule has 5 nitrogen and oxygen atoms in total. The van der Waals surface area contributed by atoms with Crippen LogP contribution >= 0.6 is 0 Å². The molecule has 0 aromatic carbocycles. The predicted octanol–water partition coefficient (Wildman–Crippen LogP) is 0.998. The first-order chi connectivity index (χ1) is 7.11. The minimum atomic E-state index is -5.08. The summed E-state index contributed by atoms with van der Waals surface area (Å²) in [6, 6.07) is -0.124. The number of aliphatic carboxylic acids is 2. The van der Waals surface area contributed by atoms with Crippen LogP contribution in [0.3, 0.4) is 0 Å². The van der Waals surface area contributed by atoms with Crippen molar-refractivity contribution in [3.63, 3.8) is 0 Å². The number of carboxylic acid groups (broad SMARTS) is 2. The molecule has 0 heterocycles. The smallest absolute Gasteiger partial charge is 0.478 e. The Hall–Kier alpha value is -1.57. The molecular formula is C8H12F3NO4. The lowest BCUT2D eigenvalue weighted by molar-refractivity contribution is -0.192. The fraction of sp³-hybridized carbons (Fsp3) is 0.500. The number of alkyl halides is 3. The van der Waals surface area contributed by atoms with Crippen molar-refractivity contribution >= 4 is 11.9 Å². The zero-order valence-corrected chi connectivity index (χ0v) is 8.36. The summed E-state index contributed by atoms with van der Waals surface area (Å²) in [5.74, 6) is -3.70. The molecule has 1 atom stereocenters. The molecule has 0 aliphatic rings. The van der Waals surface area contributed by atoms with Crippen LogP contribution in [0.5, 0.6) is 0 Å². The maximum absolute atomic E-state index is 10.6. The van der Waals surface area contributed by atoms with Crippen molar-refractivity contribution in [1.82, 2.24) is 0 Å². The summed E-state index contributed by atoms with van der Waals surface area (Å²) >= 11 is 0. The number of rotatable bonds is 3. The van der Waals surface area contributed by atoms with E-state index >= 15 is 0 Å². The third-order valence-electron chi connectivity index (χ3n) is 1.20. The van der Waals surface area contributed by atoms with Crippen molar-refractivity contribution in [3.8, 4) is 0 Å². The third-order valence-corrected chi connectivity index (χ3v) is 1.20. The molecule has 0 fully saturated rings. The first-order valence-electron chi connectivity index (χ1n) is 4.08. The average Bonchev–Trinajstić information content (AvgIpc) is 2.13. The number of nitrogens with two attached hydrogens (primary N) is 1. The highest BCUT2D eigenvalue weighted by molar-refractivity contribution is 5.79. The molecule has 0 aromatic rings. The van der Waals surface area contributed by atoms with E-state index in [9.17, 15) is 18.0 Å². The highest BCUT2D eigenvalue weighted by Crippen LogP contribution is 2.13. The Morgan fingerprint density at radius 2 is 1.75 bits per heavy atom. The van der Waals surface area contributed by atoms with E-state index in [4.69, 9.17) is 20.7 Å². The third kappa shape index (κ3) is 12.4. The minimum absolute atomic E-state index is 0.124. The van der Waals surface area contributed by atoms with Crippen molar-refractivity contribution in [3.05, 3.63) is 12.2 Å². The number of carbonyl (C=O) groups is 2. The largest absolute Gasteiger partial charge is 0.490 e. The van der Waals surface area contributed by atoms with Crippen molar-refractivity contribution in [2.75, 3.05) is 0 Å². The van der Waals surface area contributed by atoms with Crippen molar-refractivity contribution in [2.24, 2.45) is 5.73 Å². The highest BCUT2D eigenvalue weighted by Gasteiger charge is 2.38. The van der Waals surface area contributed by atoms with Gasteiger partial charge in [-0.3, -0.25) is 0 Å². The van der Waals surface area contributed by atoms with E-state index in [-0.39, 0.29) is 6.04 Å². The molecule has 0 bridgehead atoms. The van der Waals surface area contributed by atoms with Crippen LogP contribution in [0.4, 0.5) is 13.2 Å². The summed E-state index contributed by atoms with van der Waals surface area (Å²) in [6.45, 7) is 1.90. The van der Waals surface area contributed by atoms with Gasteiger partial charge in [-0.2, -0.15) is 13.2 Å². The molecule has 94 valence electrons. The molecule has 8 heteroatoms. The van der Waals surface area contributed by atoms with E-state index in [1.807, 2.05) is 6.92 Å². The predicted molar refractivity (Wildman–Crippen MR) is 48.7 cm³/mol. The van der Waals surface area contributed by atoms with Crippen LogP contribution < -0.4 is 5.73 Å². The summed E-state index contributed by atoms with van der Waals surface area (Å²) < 4.78 is 31.7. The number of hydrogen-bond acceptors (Lipinski definition) is 3. The lowest BCUT2D eigenvalue weighted by Crippen LogP contribution is -2.21. The molecule has 0 aliphatic heterocycles. The van der Waals surface area contributed by atoms with Crippen LogP contribution in [0, 0.1) is 0 Å². The summed E-state index contributed by atoms with van der Waals surface area (Å²) in [5, 5.41) is 15.2. The van der Waals surface area contributed by atoms with Gasteiger partial charge < -0.3 is 15.9 Å². The molecule has 0 spiro atoms. The fourth-order valence-corrected chi connectivity index (χ4v) is 0.342. The van der Waals surface area contributed by atoms with Crippen LogP contribution in [-0.4, -0.2) is 34.4 Å². The van der Waals surface area contributed by atoms with Crippen molar-refractivity contribution in [1.29, 1.82) is 0 Å². The summed E-state index contributed by atoms with van der Waals surface area (Å²) in [6.07, 6.45) is -1.78. The lowest BCUT2D eigenvalue weighted by Gasteiger charge is -1.96. The van der Waals surface area contributed by atoms with Gasteiger partial charge in [0.15, 0.2) is 0 Å². The second kappa shape index (κ2) is 7.69. The Kier molecular flexibility index (Phi) is 8.09. The molecule has 0 rings (SSSR count). The fourth-order valence-electron chi connectivity index (χ4n) is 0.342. The van der Waals surface area contributed by atoms with Gasteiger partial charge in [-0.15, -0.1) is 0 Å². The second-order valence-corrected chi connectivity index (χ2v) is 2.57. The van der Waals surface area contributed by atoms with Crippen molar-refractivity contribution < 1.29 is 33.0 Å². The van der Waals surface area contributed by atoms with Gasteiger partial charge in [-0.25, -0.2) is 9.59 Å². The normalized spacial score (nSPS) is 12.8. The van der Waals surface area contributed by atoms with E-state index < -0.39 is 18.1 Å². The van der Waals surface area contributed by atoms with E-state index in [0.717, 1.165) is 12.5 Å². The van der Waals surface area contributed by atoms with Crippen LogP contribution in [0.25, 0.3) is 0 Å². The molecular weight excluding hydrogens is 231 g/mol. The Morgan fingerprint density at radius 3 is 1.94 bits per heavy atom. The van der Waals surface area contributed by atoms with Gasteiger partial charge in [0.1, 0.15) is 0 Å². The number of hydrogen-bond donors (Lipinski definition) is 3. The molecule has 16 heavy (non-hydrogen) atoms.